The lowest BCUT2D eigenvalue weighted by atomic mass is 10.1. The minimum atomic E-state index is -3.05. The van der Waals surface area contributed by atoms with Gasteiger partial charge in [-0.1, -0.05) is 18.2 Å². The standard InChI is InChI=1S/C16H12F2N2O4/c17-16(18)24-14-4-2-1-3-12(14)15(21)19-8-7-10-5-6-11(20(22)23)9-13(10)19/h1-6,9,16H,7-8H2. The maximum atomic E-state index is 12.7. The molecule has 1 aliphatic heterocycles. The highest BCUT2D eigenvalue weighted by molar-refractivity contribution is 6.09. The van der Waals surface area contributed by atoms with Gasteiger partial charge in [-0.15, -0.1) is 0 Å². The number of fused-ring (bicyclic) bond motifs is 1. The summed E-state index contributed by atoms with van der Waals surface area (Å²) < 4.78 is 29.4. The average molecular weight is 334 g/mol. The second-order valence-electron chi connectivity index (χ2n) is 5.15. The molecule has 0 atom stereocenters. The van der Waals surface area contributed by atoms with E-state index in [9.17, 15) is 23.7 Å². The van der Waals surface area contributed by atoms with Gasteiger partial charge in [-0.2, -0.15) is 8.78 Å². The summed E-state index contributed by atoms with van der Waals surface area (Å²) in [6.45, 7) is -2.73. The summed E-state index contributed by atoms with van der Waals surface area (Å²) in [6.07, 6.45) is 0.539. The number of halogens is 2. The van der Waals surface area contributed by atoms with Gasteiger partial charge in [-0.3, -0.25) is 14.9 Å². The predicted octanol–water partition coefficient (Wildman–Crippen LogP) is 3.40. The highest BCUT2D eigenvalue weighted by Crippen LogP contribution is 2.34. The molecule has 2 aromatic rings. The van der Waals surface area contributed by atoms with Crippen LogP contribution in [0, 0.1) is 10.1 Å². The van der Waals surface area contributed by atoms with Crippen molar-refractivity contribution in [1.82, 2.24) is 0 Å². The number of nitrogens with zero attached hydrogens (tertiary/aromatic N) is 2. The van der Waals surface area contributed by atoms with Gasteiger partial charge in [0, 0.05) is 18.7 Å². The van der Waals surface area contributed by atoms with Crippen molar-refractivity contribution in [1.29, 1.82) is 0 Å². The first-order valence-corrected chi connectivity index (χ1v) is 7.10. The summed E-state index contributed by atoms with van der Waals surface area (Å²) in [6, 6.07) is 9.98. The van der Waals surface area contributed by atoms with Crippen LogP contribution in [0.15, 0.2) is 42.5 Å². The molecule has 6 nitrogen and oxygen atoms in total. The number of carbonyl (C=O) groups is 1. The van der Waals surface area contributed by atoms with Crippen molar-refractivity contribution in [2.45, 2.75) is 13.0 Å². The Bertz CT molecular complexity index is 810. The van der Waals surface area contributed by atoms with E-state index in [1.54, 1.807) is 6.07 Å². The zero-order valence-corrected chi connectivity index (χ0v) is 12.3. The molecule has 0 radical (unpaired) electrons. The normalized spacial score (nSPS) is 13.0. The second-order valence-corrected chi connectivity index (χ2v) is 5.15. The summed E-state index contributed by atoms with van der Waals surface area (Å²) in [5, 5.41) is 10.9. The molecular formula is C16H12F2N2O4. The molecule has 0 fully saturated rings. The number of para-hydroxylation sites is 1. The van der Waals surface area contributed by atoms with E-state index in [2.05, 4.69) is 4.74 Å². The molecule has 3 rings (SSSR count). The van der Waals surface area contributed by atoms with E-state index in [4.69, 9.17) is 0 Å². The number of nitro benzene ring substituents is 1. The lowest BCUT2D eigenvalue weighted by molar-refractivity contribution is -0.384. The summed E-state index contributed by atoms with van der Waals surface area (Å²) in [5.41, 5.74) is 1.06. The van der Waals surface area contributed by atoms with E-state index < -0.39 is 17.4 Å². The third kappa shape index (κ3) is 2.90. The Balaban J connectivity index is 1.97. The number of hydrogen-bond acceptors (Lipinski definition) is 4. The third-order valence-electron chi connectivity index (χ3n) is 3.75. The van der Waals surface area contributed by atoms with Crippen molar-refractivity contribution < 1.29 is 23.2 Å². The van der Waals surface area contributed by atoms with E-state index in [1.165, 1.54) is 41.3 Å². The van der Waals surface area contributed by atoms with Crippen molar-refractivity contribution in [2.24, 2.45) is 0 Å². The van der Waals surface area contributed by atoms with Crippen molar-refractivity contribution in [3.8, 4) is 5.75 Å². The van der Waals surface area contributed by atoms with Crippen LogP contribution in [0.5, 0.6) is 5.75 Å². The molecular weight excluding hydrogens is 322 g/mol. The van der Waals surface area contributed by atoms with Gasteiger partial charge in [0.05, 0.1) is 16.2 Å². The SMILES string of the molecule is O=C(c1ccccc1OC(F)F)N1CCc2ccc([N+](=O)[O-])cc21. The van der Waals surface area contributed by atoms with E-state index in [-0.39, 0.29) is 17.0 Å². The number of alkyl halides is 2. The van der Waals surface area contributed by atoms with Gasteiger partial charge in [-0.05, 0) is 24.1 Å². The highest BCUT2D eigenvalue weighted by Gasteiger charge is 2.29. The zero-order valence-electron chi connectivity index (χ0n) is 12.3. The van der Waals surface area contributed by atoms with Gasteiger partial charge < -0.3 is 9.64 Å². The monoisotopic (exact) mass is 334 g/mol. The van der Waals surface area contributed by atoms with Crippen LogP contribution < -0.4 is 9.64 Å². The Morgan fingerprint density at radius 3 is 2.71 bits per heavy atom. The third-order valence-corrected chi connectivity index (χ3v) is 3.75. The first-order chi connectivity index (χ1) is 11.5. The average Bonchev–Trinajstić information content (AvgIpc) is 2.97. The Morgan fingerprint density at radius 1 is 1.25 bits per heavy atom. The number of carbonyl (C=O) groups excluding carboxylic acids is 1. The fourth-order valence-electron chi connectivity index (χ4n) is 2.68. The van der Waals surface area contributed by atoms with E-state index in [1.807, 2.05) is 0 Å². The van der Waals surface area contributed by atoms with E-state index >= 15 is 0 Å². The Labute approximate surface area is 135 Å². The molecule has 0 saturated heterocycles. The molecule has 0 saturated carbocycles. The Hall–Kier alpha value is -3.03. The van der Waals surface area contributed by atoms with Gasteiger partial charge in [0.15, 0.2) is 0 Å². The van der Waals surface area contributed by atoms with Gasteiger partial charge in [0.1, 0.15) is 5.75 Å². The fourth-order valence-corrected chi connectivity index (χ4v) is 2.68. The number of nitro groups is 1. The van der Waals surface area contributed by atoms with Crippen LogP contribution in [0.25, 0.3) is 0 Å². The minimum absolute atomic E-state index is 0.0165. The predicted molar refractivity (Wildman–Crippen MR) is 81.6 cm³/mol. The Morgan fingerprint density at radius 2 is 2.00 bits per heavy atom. The smallest absolute Gasteiger partial charge is 0.387 e. The van der Waals surface area contributed by atoms with Crippen LogP contribution in [0.4, 0.5) is 20.2 Å². The van der Waals surface area contributed by atoms with Crippen LogP contribution in [0.3, 0.4) is 0 Å². The van der Waals surface area contributed by atoms with Gasteiger partial charge in [0.25, 0.3) is 11.6 Å². The molecule has 8 heteroatoms. The number of hydrogen-bond donors (Lipinski definition) is 0. The van der Waals surface area contributed by atoms with Crippen molar-refractivity contribution in [3.63, 3.8) is 0 Å². The summed E-state index contributed by atoms with van der Waals surface area (Å²) >= 11 is 0. The van der Waals surface area contributed by atoms with Gasteiger partial charge in [-0.25, -0.2) is 0 Å². The van der Waals surface area contributed by atoms with Crippen molar-refractivity contribution >= 4 is 17.3 Å². The largest absolute Gasteiger partial charge is 0.434 e. The minimum Gasteiger partial charge on any atom is -0.434 e. The van der Waals surface area contributed by atoms with Gasteiger partial charge in [0.2, 0.25) is 0 Å². The second kappa shape index (κ2) is 6.23. The van der Waals surface area contributed by atoms with Crippen molar-refractivity contribution in [2.75, 3.05) is 11.4 Å². The van der Waals surface area contributed by atoms with Crippen LogP contribution in [-0.2, 0) is 6.42 Å². The van der Waals surface area contributed by atoms with Crippen LogP contribution in [0.2, 0.25) is 0 Å². The molecule has 124 valence electrons. The van der Waals surface area contributed by atoms with E-state index in [0.29, 0.717) is 18.7 Å². The number of anilines is 1. The van der Waals surface area contributed by atoms with Crippen LogP contribution in [0.1, 0.15) is 15.9 Å². The van der Waals surface area contributed by atoms with Crippen LogP contribution in [-0.4, -0.2) is 24.0 Å². The van der Waals surface area contributed by atoms with Gasteiger partial charge >= 0.3 is 6.61 Å². The zero-order chi connectivity index (χ0) is 17.3. The maximum Gasteiger partial charge on any atom is 0.387 e. The molecule has 0 spiro atoms. The molecule has 1 aliphatic rings. The molecule has 24 heavy (non-hydrogen) atoms. The number of benzene rings is 2. The number of amides is 1. The number of non-ortho nitro benzene ring substituents is 1. The number of ether oxygens (including phenoxy) is 1. The lowest BCUT2D eigenvalue weighted by Gasteiger charge is -2.19. The lowest BCUT2D eigenvalue weighted by Crippen LogP contribution is -2.29. The number of rotatable bonds is 4. The van der Waals surface area contributed by atoms with Crippen LogP contribution >= 0.6 is 0 Å². The first-order valence-electron chi connectivity index (χ1n) is 7.10. The summed E-state index contributed by atoms with van der Waals surface area (Å²) in [7, 11) is 0. The summed E-state index contributed by atoms with van der Waals surface area (Å²) in [5.74, 6) is -0.762. The molecule has 0 unspecified atom stereocenters. The van der Waals surface area contributed by atoms with E-state index in [0.717, 1.165) is 5.56 Å². The molecule has 0 N–H and O–H groups in total. The molecule has 0 aliphatic carbocycles. The topological polar surface area (TPSA) is 72.7 Å². The Kier molecular flexibility index (Phi) is 4.11. The summed E-state index contributed by atoms with van der Waals surface area (Å²) in [4.78, 5) is 24.4. The molecule has 1 amide bonds. The molecule has 0 bridgehead atoms. The quantitative estimate of drug-likeness (QED) is 0.634. The van der Waals surface area contributed by atoms with Crippen molar-refractivity contribution in [3.05, 3.63) is 63.7 Å². The fraction of sp³-hybridized carbons (Fsp3) is 0.188. The molecule has 1 heterocycles. The molecule has 0 aromatic heterocycles. The highest BCUT2D eigenvalue weighted by atomic mass is 19.3. The molecule has 2 aromatic carbocycles. The first kappa shape index (κ1) is 15.9. The maximum absolute atomic E-state index is 12.7.